The molecule has 4 N–H and O–H groups in total. The molecule has 1 rings (SSSR count). The summed E-state index contributed by atoms with van der Waals surface area (Å²) in [6, 6.07) is -0.0696. The van der Waals surface area contributed by atoms with Gasteiger partial charge < -0.3 is 16.4 Å². The first kappa shape index (κ1) is 19.2. The van der Waals surface area contributed by atoms with Gasteiger partial charge in [0.2, 0.25) is 11.8 Å². The molecule has 118 valence electrons. The molecule has 0 heterocycles. The zero-order valence-corrected chi connectivity index (χ0v) is 13.1. The number of nitrogens with one attached hydrogen (secondary N) is 2. The SMILES string of the molecule is CNCCCC(=O)NC(CC(N)=O)C1CCCCC1.Cl. The van der Waals surface area contributed by atoms with Gasteiger partial charge in [0.15, 0.2) is 0 Å². The highest BCUT2D eigenvalue weighted by Crippen LogP contribution is 2.27. The van der Waals surface area contributed by atoms with E-state index in [9.17, 15) is 9.59 Å². The molecule has 1 fully saturated rings. The second kappa shape index (κ2) is 10.9. The number of halogens is 1. The van der Waals surface area contributed by atoms with Gasteiger partial charge in [-0.15, -0.1) is 12.4 Å². The number of rotatable bonds is 8. The van der Waals surface area contributed by atoms with E-state index < -0.39 is 0 Å². The van der Waals surface area contributed by atoms with E-state index in [-0.39, 0.29) is 36.7 Å². The van der Waals surface area contributed by atoms with Crippen LogP contribution in [0.4, 0.5) is 0 Å². The molecule has 20 heavy (non-hydrogen) atoms. The van der Waals surface area contributed by atoms with Gasteiger partial charge in [-0.1, -0.05) is 19.3 Å². The van der Waals surface area contributed by atoms with Crippen molar-refractivity contribution in [3.63, 3.8) is 0 Å². The first-order valence-electron chi connectivity index (χ1n) is 7.35. The molecule has 2 amide bonds. The summed E-state index contributed by atoms with van der Waals surface area (Å²) in [5.41, 5.74) is 5.30. The fourth-order valence-electron chi connectivity index (χ4n) is 2.79. The van der Waals surface area contributed by atoms with Crippen molar-refractivity contribution in [2.24, 2.45) is 11.7 Å². The summed E-state index contributed by atoms with van der Waals surface area (Å²) in [6.45, 7) is 0.831. The minimum absolute atomic E-state index is 0. The molecular formula is C14H28ClN3O2. The number of nitrogens with two attached hydrogens (primary N) is 1. The van der Waals surface area contributed by atoms with E-state index in [1.807, 2.05) is 7.05 Å². The van der Waals surface area contributed by atoms with E-state index in [1.165, 1.54) is 19.3 Å². The Morgan fingerprint density at radius 2 is 1.90 bits per heavy atom. The lowest BCUT2D eigenvalue weighted by Gasteiger charge is -2.30. The van der Waals surface area contributed by atoms with E-state index in [1.54, 1.807) is 0 Å². The number of amides is 2. The molecule has 1 atom stereocenters. The van der Waals surface area contributed by atoms with E-state index in [0.29, 0.717) is 12.3 Å². The number of primary amides is 1. The monoisotopic (exact) mass is 305 g/mol. The smallest absolute Gasteiger partial charge is 0.220 e. The Morgan fingerprint density at radius 3 is 2.45 bits per heavy atom. The lowest BCUT2D eigenvalue weighted by Crippen LogP contribution is -2.43. The van der Waals surface area contributed by atoms with Crippen LogP contribution in [-0.2, 0) is 9.59 Å². The van der Waals surface area contributed by atoms with Crippen LogP contribution >= 0.6 is 12.4 Å². The summed E-state index contributed by atoms with van der Waals surface area (Å²) in [5, 5.41) is 6.03. The summed E-state index contributed by atoms with van der Waals surface area (Å²) in [6.07, 6.45) is 7.41. The number of hydrogen-bond acceptors (Lipinski definition) is 3. The summed E-state index contributed by atoms with van der Waals surface area (Å²) in [4.78, 5) is 23.0. The number of carbonyl (C=O) groups excluding carboxylic acids is 2. The zero-order chi connectivity index (χ0) is 14.1. The van der Waals surface area contributed by atoms with E-state index in [2.05, 4.69) is 10.6 Å². The molecule has 0 radical (unpaired) electrons. The van der Waals surface area contributed by atoms with Crippen LogP contribution in [0.3, 0.4) is 0 Å². The fraction of sp³-hybridized carbons (Fsp3) is 0.857. The molecule has 1 aliphatic carbocycles. The maximum absolute atomic E-state index is 11.9. The highest BCUT2D eigenvalue weighted by atomic mass is 35.5. The van der Waals surface area contributed by atoms with Crippen LogP contribution in [0.15, 0.2) is 0 Å². The van der Waals surface area contributed by atoms with Gasteiger partial charge in [0, 0.05) is 18.9 Å². The molecule has 0 aliphatic heterocycles. The Labute approximate surface area is 127 Å². The van der Waals surface area contributed by atoms with Crippen molar-refractivity contribution in [3.05, 3.63) is 0 Å². The molecular weight excluding hydrogens is 278 g/mol. The van der Waals surface area contributed by atoms with Crippen molar-refractivity contribution < 1.29 is 9.59 Å². The van der Waals surface area contributed by atoms with Crippen LogP contribution in [0.2, 0.25) is 0 Å². The molecule has 6 heteroatoms. The zero-order valence-electron chi connectivity index (χ0n) is 12.3. The minimum Gasteiger partial charge on any atom is -0.370 e. The Bertz CT molecular complexity index is 294. The molecule has 1 unspecified atom stereocenters. The van der Waals surface area contributed by atoms with Gasteiger partial charge in [0.05, 0.1) is 0 Å². The van der Waals surface area contributed by atoms with Crippen LogP contribution in [0.1, 0.15) is 51.4 Å². The van der Waals surface area contributed by atoms with Crippen molar-refractivity contribution in [1.82, 2.24) is 10.6 Å². The second-order valence-corrected chi connectivity index (χ2v) is 5.45. The third-order valence-electron chi connectivity index (χ3n) is 3.82. The molecule has 5 nitrogen and oxygen atoms in total. The van der Waals surface area contributed by atoms with E-state index in [0.717, 1.165) is 25.8 Å². The Morgan fingerprint density at radius 1 is 1.25 bits per heavy atom. The molecule has 0 spiro atoms. The quantitative estimate of drug-likeness (QED) is 0.592. The Hall–Kier alpha value is -0.810. The van der Waals surface area contributed by atoms with Gasteiger partial charge in [0.1, 0.15) is 0 Å². The van der Waals surface area contributed by atoms with Gasteiger partial charge >= 0.3 is 0 Å². The second-order valence-electron chi connectivity index (χ2n) is 5.45. The summed E-state index contributed by atoms with van der Waals surface area (Å²) in [5.74, 6) is 0.118. The van der Waals surface area contributed by atoms with Crippen LogP contribution < -0.4 is 16.4 Å². The molecule has 0 aromatic carbocycles. The lowest BCUT2D eigenvalue weighted by molar-refractivity contribution is -0.123. The molecule has 0 saturated heterocycles. The summed E-state index contributed by atoms with van der Waals surface area (Å²) in [7, 11) is 1.87. The highest BCUT2D eigenvalue weighted by Gasteiger charge is 2.26. The highest BCUT2D eigenvalue weighted by molar-refractivity contribution is 5.85. The normalized spacial score (nSPS) is 17.1. The average molecular weight is 306 g/mol. The van der Waals surface area contributed by atoms with Crippen LogP contribution in [0.5, 0.6) is 0 Å². The van der Waals surface area contributed by atoms with Crippen molar-refractivity contribution >= 4 is 24.2 Å². The first-order chi connectivity index (χ1) is 9.13. The van der Waals surface area contributed by atoms with Gasteiger partial charge in [-0.05, 0) is 38.8 Å². The van der Waals surface area contributed by atoms with Crippen LogP contribution in [0.25, 0.3) is 0 Å². The van der Waals surface area contributed by atoms with Crippen molar-refractivity contribution in [2.75, 3.05) is 13.6 Å². The molecule has 0 aromatic heterocycles. The first-order valence-corrected chi connectivity index (χ1v) is 7.35. The Kier molecular flexibility index (Phi) is 10.5. The molecule has 0 aromatic rings. The molecule has 1 aliphatic rings. The average Bonchev–Trinajstić information content (AvgIpc) is 2.39. The number of hydrogen-bond donors (Lipinski definition) is 3. The maximum atomic E-state index is 11.9. The van der Waals surface area contributed by atoms with Gasteiger partial charge in [-0.3, -0.25) is 9.59 Å². The lowest BCUT2D eigenvalue weighted by atomic mass is 9.82. The van der Waals surface area contributed by atoms with Crippen LogP contribution in [-0.4, -0.2) is 31.4 Å². The standard InChI is InChI=1S/C14H27N3O2.ClH/c1-16-9-5-8-14(19)17-12(10-13(15)18)11-6-3-2-4-7-11;/h11-12,16H,2-10H2,1H3,(H2,15,18)(H,17,19);1H. The predicted octanol–water partition coefficient (Wildman–Crippen LogP) is 1.35. The van der Waals surface area contributed by atoms with Gasteiger partial charge in [0.25, 0.3) is 0 Å². The van der Waals surface area contributed by atoms with Crippen molar-refractivity contribution in [3.8, 4) is 0 Å². The van der Waals surface area contributed by atoms with Crippen LogP contribution in [0, 0.1) is 5.92 Å². The maximum Gasteiger partial charge on any atom is 0.220 e. The Balaban J connectivity index is 0.00000361. The van der Waals surface area contributed by atoms with Crippen molar-refractivity contribution in [1.29, 1.82) is 0 Å². The summed E-state index contributed by atoms with van der Waals surface area (Å²) >= 11 is 0. The third kappa shape index (κ3) is 7.70. The topological polar surface area (TPSA) is 84.2 Å². The van der Waals surface area contributed by atoms with Crippen molar-refractivity contribution in [2.45, 2.75) is 57.4 Å². The fourth-order valence-corrected chi connectivity index (χ4v) is 2.79. The molecule has 0 bridgehead atoms. The summed E-state index contributed by atoms with van der Waals surface area (Å²) < 4.78 is 0. The van der Waals surface area contributed by atoms with Gasteiger partial charge in [-0.25, -0.2) is 0 Å². The predicted molar refractivity (Wildman–Crippen MR) is 82.7 cm³/mol. The minimum atomic E-state index is -0.328. The largest absolute Gasteiger partial charge is 0.370 e. The third-order valence-corrected chi connectivity index (χ3v) is 3.82. The van der Waals surface area contributed by atoms with E-state index >= 15 is 0 Å². The number of carbonyl (C=O) groups is 2. The van der Waals surface area contributed by atoms with E-state index in [4.69, 9.17) is 5.73 Å². The molecule has 1 saturated carbocycles. The van der Waals surface area contributed by atoms with Gasteiger partial charge in [-0.2, -0.15) is 0 Å².